The van der Waals surface area contributed by atoms with Crippen molar-refractivity contribution in [3.05, 3.63) is 46.0 Å². The summed E-state index contributed by atoms with van der Waals surface area (Å²) in [5, 5.41) is 14.6. The van der Waals surface area contributed by atoms with Crippen LogP contribution in [-0.2, 0) is 13.0 Å². The molecule has 0 radical (unpaired) electrons. The number of hydrogen-bond acceptors (Lipinski definition) is 3. The van der Waals surface area contributed by atoms with Crippen molar-refractivity contribution in [1.82, 2.24) is 14.8 Å². The fourth-order valence-electron chi connectivity index (χ4n) is 2.05. The fourth-order valence-corrected chi connectivity index (χ4v) is 2.45. The predicted molar refractivity (Wildman–Crippen MR) is 82.4 cm³/mol. The highest BCUT2D eigenvalue weighted by molar-refractivity contribution is 9.10. The molecular formula is C15H20BrN3O. The topological polar surface area (TPSA) is 50.9 Å². The second kappa shape index (κ2) is 6.50. The molecule has 0 spiro atoms. The molecule has 0 amide bonds. The standard InChI is InChI=1S/C15H20BrN3O/c1-10(2)8-19-15(17-9-18-19)7-14(20)12-5-4-11(3)13(16)6-12/h4-6,9-10,14,20H,7-8H2,1-3H3. The lowest BCUT2D eigenvalue weighted by Gasteiger charge is -2.13. The van der Waals surface area contributed by atoms with Gasteiger partial charge in [0.2, 0.25) is 0 Å². The summed E-state index contributed by atoms with van der Waals surface area (Å²) >= 11 is 3.50. The van der Waals surface area contributed by atoms with E-state index in [4.69, 9.17) is 0 Å². The maximum Gasteiger partial charge on any atom is 0.138 e. The van der Waals surface area contributed by atoms with E-state index < -0.39 is 6.10 Å². The molecule has 5 heteroatoms. The first kappa shape index (κ1) is 15.2. The van der Waals surface area contributed by atoms with Crippen molar-refractivity contribution in [2.45, 2.75) is 39.8 Å². The summed E-state index contributed by atoms with van der Waals surface area (Å²) in [6, 6.07) is 5.92. The van der Waals surface area contributed by atoms with Crippen LogP contribution >= 0.6 is 15.9 Å². The van der Waals surface area contributed by atoms with Gasteiger partial charge in [-0.05, 0) is 30.0 Å². The molecule has 1 heterocycles. The minimum atomic E-state index is -0.568. The number of halogens is 1. The van der Waals surface area contributed by atoms with Gasteiger partial charge in [0.1, 0.15) is 12.2 Å². The molecule has 1 atom stereocenters. The lowest BCUT2D eigenvalue weighted by Crippen LogP contribution is -2.13. The van der Waals surface area contributed by atoms with Crippen molar-refractivity contribution in [3.63, 3.8) is 0 Å². The minimum absolute atomic E-state index is 0.474. The van der Waals surface area contributed by atoms with E-state index >= 15 is 0 Å². The number of aryl methyl sites for hydroxylation is 1. The van der Waals surface area contributed by atoms with E-state index in [1.165, 1.54) is 0 Å². The number of nitrogens with zero attached hydrogens (tertiary/aromatic N) is 3. The summed E-state index contributed by atoms with van der Waals surface area (Å²) < 4.78 is 2.88. The van der Waals surface area contributed by atoms with Crippen LogP contribution in [0.15, 0.2) is 29.0 Å². The first-order chi connectivity index (χ1) is 9.47. The first-order valence-corrected chi connectivity index (χ1v) is 7.57. The highest BCUT2D eigenvalue weighted by Crippen LogP contribution is 2.23. The molecule has 2 rings (SSSR count). The summed E-state index contributed by atoms with van der Waals surface area (Å²) in [4.78, 5) is 4.25. The van der Waals surface area contributed by atoms with E-state index in [0.29, 0.717) is 12.3 Å². The summed E-state index contributed by atoms with van der Waals surface area (Å²) in [6.07, 6.45) is 1.46. The Labute approximate surface area is 128 Å². The zero-order valence-corrected chi connectivity index (χ0v) is 13.6. The number of aromatic nitrogens is 3. The molecule has 0 aliphatic carbocycles. The van der Waals surface area contributed by atoms with Crippen LogP contribution in [0.3, 0.4) is 0 Å². The van der Waals surface area contributed by atoms with Crippen molar-refractivity contribution in [2.24, 2.45) is 5.92 Å². The summed E-state index contributed by atoms with van der Waals surface area (Å²) in [7, 11) is 0. The molecule has 4 nitrogen and oxygen atoms in total. The third-order valence-electron chi connectivity index (χ3n) is 3.19. The molecule has 0 fully saturated rings. The molecule has 0 saturated heterocycles. The average molecular weight is 338 g/mol. The maximum absolute atomic E-state index is 10.4. The molecule has 108 valence electrons. The molecular weight excluding hydrogens is 318 g/mol. The van der Waals surface area contributed by atoms with E-state index in [2.05, 4.69) is 39.9 Å². The van der Waals surface area contributed by atoms with E-state index in [1.807, 2.05) is 29.8 Å². The molecule has 1 unspecified atom stereocenters. The van der Waals surface area contributed by atoms with E-state index in [1.54, 1.807) is 6.33 Å². The summed E-state index contributed by atoms with van der Waals surface area (Å²) in [5.74, 6) is 1.32. The van der Waals surface area contributed by atoms with Gasteiger partial charge in [-0.3, -0.25) is 0 Å². The number of hydrogen-bond donors (Lipinski definition) is 1. The third kappa shape index (κ3) is 3.67. The number of benzene rings is 1. The van der Waals surface area contributed by atoms with Gasteiger partial charge in [-0.15, -0.1) is 0 Å². The van der Waals surface area contributed by atoms with Gasteiger partial charge in [0.15, 0.2) is 0 Å². The van der Waals surface area contributed by atoms with Gasteiger partial charge in [0.25, 0.3) is 0 Å². The van der Waals surface area contributed by atoms with Crippen molar-refractivity contribution in [3.8, 4) is 0 Å². The normalized spacial score (nSPS) is 12.9. The first-order valence-electron chi connectivity index (χ1n) is 6.78. The van der Waals surface area contributed by atoms with E-state index in [0.717, 1.165) is 28.0 Å². The van der Waals surface area contributed by atoms with Gasteiger partial charge in [-0.25, -0.2) is 9.67 Å². The van der Waals surface area contributed by atoms with Crippen molar-refractivity contribution in [1.29, 1.82) is 0 Å². The minimum Gasteiger partial charge on any atom is -0.388 e. The van der Waals surface area contributed by atoms with Crippen molar-refractivity contribution < 1.29 is 5.11 Å². The quantitative estimate of drug-likeness (QED) is 0.910. The zero-order chi connectivity index (χ0) is 14.7. The third-order valence-corrected chi connectivity index (χ3v) is 4.04. The van der Waals surface area contributed by atoms with E-state index in [9.17, 15) is 5.11 Å². The smallest absolute Gasteiger partial charge is 0.138 e. The highest BCUT2D eigenvalue weighted by Gasteiger charge is 2.14. The summed E-state index contributed by atoms with van der Waals surface area (Å²) in [5.41, 5.74) is 2.05. The van der Waals surface area contributed by atoms with Crippen LogP contribution in [0.2, 0.25) is 0 Å². The lowest BCUT2D eigenvalue weighted by molar-refractivity contribution is 0.173. The molecule has 1 aromatic carbocycles. The van der Waals surface area contributed by atoms with Gasteiger partial charge >= 0.3 is 0 Å². The van der Waals surface area contributed by atoms with Crippen molar-refractivity contribution >= 4 is 15.9 Å². The Bertz CT molecular complexity index is 580. The molecule has 0 saturated carbocycles. The Morgan fingerprint density at radius 3 is 2.75 bits per heavy atom. The molecule has 2 aromatic rings. The molecule has 20 heavy (non-hydrogen) atoms. The monoisotopic (exact) mass is 337 g/mol. The second-order valence-corrected chi connectivity index (χ2v) is 6.34. The molecule has 1 aromatic heterocycles. The number of aliphatic hydroxyl groups is 1. The van der Waals surface area contributed by atoms with Gasteiger partial charge in [-0.1, -0.05) is 41.9 Å². The lowest BCUT2D eigenvalue weighted by atomic mass is 10.0. The Hall–Kier alpha value is -1.20. The van der Waals surface area contributed by atoms with E-state index in [-0.39, 0.29) is 0 Å². The molecule has 0 aliphatic heterocycles. The molecule has 0 bridgehead atoms. The second-order valence-electron chi connectivity index (χ2n) is 5.48. The Morgan fingerprint density at radius 1 is 1.35 bits per heavy atom. The Kier molecular flexibility index (Phi) is 4.94. The zero-order valence-electron chi connectivity index (χ0n) is 12.0. The average Bonchev–Trinajstić information content (AvgIpc) is 2.79. The van der Waals surface area contributed by atoms with Crippen LogP contribution in [0, 0.1) is 12.8 Å². The van der Waals surface area contributed by atoms with Gasteiger partial charge < -0.3 is 5.11 Å². The Morgan fingerprint density at radius 2 is 2.10 bits per heavy atom. The van der Waals surface area contributed by atoms with Crippen molar-refractivity contribution in [2.75, 3.05) is 0 Å². The largest absolute Gasteiger partial charge is 0.388 e. The van der Waals surface area contributed by atoms with Gasteiger partial charge in [0, 0.05) is 17.4 Å². The maximum atomic E-state index is 10.4. The van der Waals surface area contributed by atoms with Crippen LogP contribution in [-0.4, -0.2) is 19.9 Å². The number of rotatable bonds is 5. The Balaban J connectivity index is 2.13. The van der Waals surface area contributed by atoms with Crippen LogP contribution in [0.25, 0.3) is 0 Å². The van der Waals surface area contributed by atoms with Gasteiger partial charge in [-0.2, -0.15) is 5.10 Å². The molecule has 0 aliphatic rings. The summed E-state index contributed by atoms with van der Waals surface area (Å²) in [6.45, 7) is 7.12. The number of aliphatic hydroxyl groups excluding tert-OH is 1. The van der Waals surface area contributed by atoms with Crippen LogP contribution in [0.5, 0.6) is 0 Å². The van der Waals surface area contributed by atoms with Gasteiger partial charge in [0.05, 0.1) is 6.10 Å². The van der Waals surface area contributed by atoms with Crippen LogP contribution in [0.1, 0.15) is 36.9 Å². The predicted octanol–water partition coefficient (Wildman–Crippen LogP) is 3.28. The van der Waals surface area contributed by atoms with Crippen LogP contribution < -0.4 is 0 Å². The molecule has 1 N–H and O–H groups in total. The fraction of sp³-hybridized carbons (Fsp3) is 0.467. The highest BCUT2D eigenvalue weighted by atomic mass is 79.9. The van der Waals surface area contributed by atoms with Crippen LogP contribution in [0.4, 0.5) is 0 Å². The SMILES string of the molecule is Cc1ccc(C(O)Cc2ncnn2CC(C)C)cc1Br.